The van der Waals surface area contributed by atoms with Gasteiger partial charge in [-0.1, -0.05) is 0 Å². The summed E-state index contributed by atoms with van der Waals surface area (Å²) < 4.78 is 14.0. The van der Waals surface area contributed by atoms with Gasteiger partial charge >= 0.3 is 0 Å². The summed E-state index contributed by atoms with van der Waals surface area (Å²) in [6, 6.07) is 0. The van der Waals surface area contributed by atoms with E-state index in [2.05, 4.69) is 4.52 Å². The summed E-state index contributed by atoms with van der Waals surface area (Å²) in [6.07, 6.45) is -8.46. The van der Waals surface area contributed by atoms with Crippen molar-refractivity contribution in [1.82, 2.24) is 0 Å². The lowest BCUT2D eigenvalue weighted by atomic mass is 10.0. The van der Waals surface area contributed by atoms with E-state index < -0.39 is 38.8 Å². The topological polar surface area (TPSA) is 170 Å². The number of carbonyl (C=O) groups is 1. The van der Waals surface area contributed by atoms with E-state index in [9.17, 15) is 24.3 Å². The molecule has 4 N–H and O–H groups in total. The third kappa shape index (κ3) is 5.10. The van der Waals surface area contributed by atoms with Gasteiger partial charge in [0.2, 0.25) is 0 Å². The molecule has 0 radical (unpaired) electrons. The summed E-state index contributed by atoms with van der Waals surface area (Å²) in [4.78, 5) is 30.7. The predicted molar refractivity (Wildman–Crippen MR) is 43.6 cm³/mol. The zero-order chi connectivity index (χ0) is 12.9. The van der Waals surface area contributed by atoms with Crippen molar-refractivity contribution in [3.8, 4) is 0 Å². The summed E-state index contributed by atoms with van der Waals surface area (Å²) in [5.74, 6) is 0. The molecule has 0 heterocycles. The fourth-order valence-electron chi connectivity index (χ4n) is 0.880. The lowest BCUT2D eigenvalue weighted by molar-refractivity contribution is -0.348. The van der Waals surface area contributed by atoms with E-state index in [0.717, 1.165) is 0 Å². The van der Waals surface area contributed by atoms with E-state index in [1.54, 1.807) is 0 Å². The first-order valence-electron chi connectivity index (χ1n) is 4.03. The first kappa shape index (κ1) is 15.6. The highest BCUT2D eigenvalue weighted by molar-refractivity contribution is 7.43. The highest BCUT2D eigenvalue weighted by Gasteiger charge is 2.33. The number of aliphatic hydroxyl groups is 4. The quantitative estimate of drug-likeness (QED) is 0.259. The molecular formula is C6H11O9P-2. The Balaban J connectivity index is 4.80. The molecule has 0 spiro atoms. The fraction of sp³-hybridized carbons (Fsp3) is 0.833. The average Bonchev–Trinajstić information content (AvgIpc) is 2.21. The Morgan fingerprint density at radius 1 is 1.31 bits per heavy atom. The molecule has 9 nitrogen and oxygen atoms in total. The molecular weight excluding hydrogens is 247 g/mol. The molecule has 0 aliphatic carbocycles. The smallest absolute Gasteiger partial charge is 0.151 e. The van der Waals surface area contributed by atoms with Crippen LogP contribution in [-0.2, 0) is 13.9 Å². The van der Waals surface area contributed by atoms with Crippen LogP contribution in [-0.4, -0.2) is 57.7 Å². The maximum Gasteiger partial charge on any atom is 0.151 e. The molecule has 0 saturated heterocycles. The van der Waals surface area contributed by atoms with E-state index in [1.807, 2.05) is 0 Å². The van der Waals surface area contributed by atoms with Gasteiger partial charge in [0, 0.05) is 0 Å². The van der Waals surface area contributed by atoms with E-state index in [1.165, 1.54) is 0 Å². The number of hydrogen-bond acceptors (Lipinski definition) is 9. The van der Waals surface area contributed by atoms with Gasteiger partial charge < -0.3 is 44.1 Å². The Kier molecular flexibility index (Phi) is 6.23. The molecule has 0 fully saturated rings. The summed E-state index contributed by atoms with van der Waals surface area (Å²) in [7, 11) is -5.56. The molecule has 0 aromatic rings. The maximum absolute atomic E-state index is 10.2. The van der Waals surface area contributed by atoms with Crippen molar-refractivity contribution in [2.75, 3.05) is 6.61 Å². The molecule has 0 rings (SSSR count). The van der Waals surface area contributed by atoms with Crippen LogP contribution in [0.5, 0.6) is 0 Å². The molecule has 16 heavy (non-hydrogen) atoms. The zero-order valence-electron chi connectivity index (χ0n) is 7.87. The van der Waals surface area contributed by atoms with Crippen LogP contribution in [0.3, 0.4) is 0 Å². The Bertz CT molecular complexity index is 263. The van der Waals surface area contributed by atoms with E-state index in [4.69, 9.17) is 15.3 Å². The summed E-state index contributed by atoms with van der Waals surface area (Å²) in [5, 5.41) is 35.5. The monoisotopic (exact) mass is 258 g/mol. The van der Waals surface area contributed by atoms with Gasteiger partial charge in [0.25, 0.3) is 0 Å². The number of aliphatic hydroxyl groups excluding tert-OH is 4. The van der Waals surface area contributed by atoms with Gasteiger partial charge in [-0.2, -0.15) is 0 Å². The minimum atomic E-state index is -5.56. The van der Waals surface area contributed by atoms with Crippen LogP contribution in [0.1, 0.15) is 0 Å². The lowest BCUT2D eigenvalue weighted by Crippen LogP contribution is -2.48. The predicted octanol–water partition coefficient (Wildman–Crippen LogP) is -4.53. The van der Waals surface area contributed by atoms with Gasteiger partial charge in [0.05, 0.1) is 14.4 Å². The minimum absolute atomic E-state index is 0.187. The van der Waals surface area contributed by atoms with Gasteiger partial charge in [-0.3, -0.25) is 0 Å². The van der Waals surface area contributed by atoms with Crippen molar-refractivity contribution >= 4 is 14.1 Å². The maximum atomic E-state index is 10.2. The third-order valence-corrected chi connectivity index (χ3v) is 2.15. The average molecular weight is 258 g/mol. The molecule has 0 saturated carbocycles. The summed E-state index contributed by atoms with van der Waals surface area (Å²) in [5.41, 5.74) is 0. The Morgan fingerprint density at radius 3 is 2.12 bits per heavy atom. The van der Waals surface area contributed by atoms with Crippen molar-refractivity contribution in [3.63, 3.8) is 0 Å². The standard InChI is InChI=1S/C6H13O9P/c7-1-3(9)5(11)6(4(10)2-8)15-16(12,13)14/h2-7,9-11H,1H2,(H2,12,13,14)/p-2/t3-,4+,5-,6-/m1/s1. The first-order valence-corrected chi connectivity index (χ1v) is 5.49. The van der Waals surface area contributed by atoms with Gasteiger partial charge in [0.15, 0.2) is 6.29 Å². The van der Waals surface area contributed by atoms with E-state index >= 15 is 0 Å². The van der Waals surface area contributed by atoms with Gasteiger partial charge in [0.1, 0.15) is 24.4 Å². The van der Waals surface area contributed by atoms with Crippen molar-refractivity contribution in [1.29, 1.82) is 0 Å². The molecule has 10 heteroatoms. The molecule has 96 valence electrons. The molecule has 0 bridgehead atoms. The SMILES string of the molecule is O=C[C@H](O)[C@@H](OP(=O)([O-])[O-])[C@H](O)[C@H](O)CO. The third-order valence-electron chi connectivity index (χ3n) is 1.64. The Hall–Kier alpha value is -0.380. The number of carbonyl (C=O) groups excluding carboxylic acids is 1. The largest absolute Gasteiger partial charge is 0.790 e. The summed E-state index contributed by atoms with van der Waals surface area (Å²) >= 11 is 0. The van der Waals surface area contributed by atoms with E-state index in [0.29, 0.717) is 0 Å². The van der Waals surface area contributed by atoms with Crippen molar-refractivity contribution in [3.05, 3.63) is 0 Å². The van der Waals surface area contributed by atoms with Crippen molar-refractivity contribution < 1.29 is 44.1 Å². The van der Waals surface area contributed by atoms with Crippen LogP contribution in [0, 0.1) is 0 Å². The summed E-state index contributed by atoms with van der Waals surface area (Å²) in [6.45, 7) is -0.978. The molecule has 0 aliphatic rings. The second-order valence-electron chi connectivity index (χ2n) is 2.88. The number of rotatable bonds is 7. The van der Waals surface area contributed by atoms with Crippen LogP contribution >= 0.6 is 7.82 Å². The van der Waals surface area contributed by atoms with Crippen molar-refractivity contribution in [2.45, 2.75) is 24.4 Å². The highest BCUT2D eigenvalue weighted by Crippen LogP contribution is 2.30. The molecule has 0 aliphatic heterocycles. The van der Waals surface area contributed by atoms with Gasteiger partial charge in [-0.15, -0.1) is 0 Å². The molecule has 4 atom stereocenters. The lowest BCUT2D eigenvalue weighted by Gasteiger charge is -2.37. The number of phosphoric ester groups is 1. The van der Waals surface area contributed by atoms with Crippen LogP contribution in [0.15, 0.2) is 0 Å². The molecule has 0 aromatic carbocycles. The van der Waals surface area contributed by atoms with Gasteiger partial charge in [-0.05, 0) is 0 Å². The minimum Gasteiger partial charge on any atom is -0.790 e. The zero-order valence-corrected chi connectivity index (χ0v) is 8.77. The normalized spacial score (nSPS) is 19.9. The number of hydrogen-bond donors (Lipinski definition) is 4. The van der Waals surface area contributed by atoms with Gasteiger partial charge in [-0.25, -0.2) is 0 Å². The Labute approximate surface area is 90.2 Å². The first-order chi connectivity index (χ1) is 7.22. The fourth-order valence-corrected chi connectivity index (χ4v) is 1.43. The van der Waals surface area contributed by atoms with Crippen LogP contribution in [0.25, 0.3) is 0 Å². The van der Waals surface area contributed by atoms with Crippen LogP contribution in [0.4, 0.5) is 0 Å². The van der Waals surface area contributed by atoms with Crippen LogP contribution in [0.2, 0.25) is 0 Å². The van der Waals surface area contributed by atoms with E-state index in [-0.39, 0.29) is 6.29 Å². The second-order valence-corrected chi connectivity index (χ2v) is 3.99. The second kappa shape index (κ2) is 6.38. The number of phosphoric acid groups is 1. The van der Waals surface area contributed by atoms with Crippen molar-refractivity contribution in [2.24, 2.45) is 0 Å². The number of aldehydes is 1. The molecule has 0 aromatic heterocycles. The molecule has 0 amide bonds. The highest BCUT2D eigenvalue weighted by atomic mass is 31.2. The van der Waals surface area contributed by atoms with Crippen LogP contribution < -0.4 is 9.79 Å². The molecule has 0 unspecified atom stereocenters. The Morgan fingerprint density at radius 2 is 1.81 bits per heavy atom.